The number of carbonyl (C=O) groups is 1. The minimum atomic E-state index is -0.0905. The monoisotopic (exact) mass is 280 g/mol. The third-order valence-corrected chi connectivity index (χ3v) is 4.12. The van der Waals surface area contributed by atoms with Gasteiger partial charge in [0.05, 0.1) is 0 Å². The first-order chi connectivity index (χ1) is 9.06. The quantitative estimate of drug-likeness (QED) is 0.831. The van der Waals surface area contributed by atoms with Crippen molar-refractivity contribution >= 4 is 23.2 Å². The predicted octanol–water partition coefficient (Wildman–Crippen LogP) is 3.62. The Morgan fingerprint density at radius 1 is 1.32 bits per heavy atom. The maximum absolute atomic E-state index is 12.2. The van der Waals surface area contributed by atoms with Gasteiger partial charge in [-0.05, 0) is 43.9 Å². The van der Waals surface area contributed by atoms with Gasteiger partial charge < -0.3 is 11.1 Å². The lowest BCUT2D eigenvalue weighted by Crippen LogP contribution is -2.38. The van der Waals surface area contributed by atoms with Gasteiger partial charge >= 0.3 is 0 Å². The molecule has 0 saturated heterocycles. The maximum Gasteiger partial charge on any atom is 0.251 e. The van der Waals surface area contributed by atoms with Crippen LogP contribution in [0.3, 0.4) is 0 Å². The Morgan fingerprint density at radius 2 is 2.00 bits per heavy atom. The van der Waals surface area contributed by atoms with Crippen molar-refractivity contribution < 1.29 is 4.79 Å². The Morgan fingerprint density at radius 3 is 2.63 bits per heavy atom. The molecule has 3 N–H and O–H groups in total. The average Bonchev–Trinajstić information content (AvgIpc) is 2.38. The van der Waals surface area contributed by atoms with E-state index in [9.17, 15) is 4.79 Å². The number of benzene rings is 1. The maximum atomic E-state index is 12.2. The molecular weight excluding hydrogens is 260 g/mol. The smallest absolute Gasteiger partial charge is 0.251 e. The van der Waals surface area contributed by atoms with Crippen molar-refractivity contribution in [2.24, 2.45) is 5.92 Å². The highest BCUT2D eigenvalue weighted by Gasteiger charge is 2.21. The molecule has 0 radical (unpaired) electrons. The van der Waals surface area contributed by atoms with Crippen LogP contribution >= 0.6 is 11.6 Å². The highest BCUT2D eigenvalue weighted by molar-refractivity contribution is 6.31. The van der Waals surface area contributed by atoms with Crippen LogP contribution in [0.25, 0.3) is 0 Å². The summed E-state index contributed by atoms with van der Waals surface area (Å²) < 4.78 is 0. The fourth-order valence-corrected chi connectivity index (χ4v) is 3.03. The molecule has 1 saturated carbocycles. The Hall–Kier alpha value is -1.22. The second-order valence-corrected chi connectivity index (χ2v) is 5.87. The molecule has 104 valence electrons. The SMILES string of the molecule is C[C@@H](NC(=O)c1cc(N)cc(Cl)c1)C1CCCCC1. The van der Waals surface area contributed by atoms with E-state index >= 15 is 0 Å². The first-order valence-electron chi connectivity index (χ1n) is 6.93. The zero-order chi connectivity index (χ0) is 13.8. The molecular formula is C15H21ClN2O. The molecule has 0 spiro atoms. The van der Waals surface area contributed by atoms with Crippen LogP contribution in [0, 0.1) is 5.92 Å². The molecule has 0 aromatic heterocycles. The highest BCUT2D eigenvalue weighted by atomic mass is 35.5. The van der Waals surface area contributed by atoms with Crippen LogP contribution in [-0.4, -0.2) is 11.9 Å². The molecule has 0 aliphatic heterocycles. The summed E-state index contributed by atoms with van der Waals surface area (Å²) in [5, 5.41) is 3.56. The van der Waals surface area contributed by atoms with Crippen molar-refractivity contribution in [3.05, 3.63) is 28.8 Å². The molecule has 19 heavy (non-hydrogen) atoms. The van der Waals surface area contributed by atoms with Crippen molar-refractivity contribution in [3.8, 4) is 0 Å². The van der Waals surface area contributed by atoms with Crippen molar-refractivity contribution in [2.45, 2.75) is 45.1 Å². The highest BCUT2D eigenvalue weighted by Crippen LogP contribution is 2.26. The van der Waals surface area contributed by atoms with E-state index in [0.29, 0.717) is 22.2 Å². The van der Waals surface area contributed by atoms with E-state index in [4.69, 9.17) is 17.3 Å². The summed E-state index contributed by atoms with van der Waals surface area (Å²) in [5.41, 5.74) is 6.76. The zero-order valence-electron chi connectivity index (χ0n) is 11.3. The third-order valence-electron chi connectivity index (χ3n) is 3.90. The Kier molecular flexibility index (Phi) is 4.70. The first-order valence-corrected chi connectivity index (χ1v) is 7.31. The van der Waals surface area contributed by atoms with Gasteiger partial charge in [0.2, 0.25) is 0 Å². The van der Waals surface area contributed by atoms with E-state index in [1.165, 1.54) is 32.1 Å². The summed E-state index contributed by atoms with van der Waals surface area (Å²) in [6, 6.07) is 5.16. The molecule has 3 nitrogen and oxygen atoms in total. The van der Waals surface area contributed by atoms with Crippen LogP contribution < -0.4 is 11.1 Å². The van der Waals surface area contributed by atoms with Gasteiger partial charge in [-0.3, -0.25) is 4.79 Å². The number of carbonyl (C=O) groups excluding carboxylic acids is 1. The van der Waals surface area contributed by atoms with Gasteiger partial charge in [0.15, 0.2) is 0 Å². The molecule has 1 aliphatic carbocycles. The van der Waals surface area contributed by atoms with Gasteiger partial charge in [0.25, 0.3) is 5.91 Å². The van der Waals surface area contributed by atoms with Crippen molar-refractivity contribution in [1.82, 2.24) is 5.32 Å². The molecule has 1 fully saturated rings. The van der Waals surface area contributed by atoms with Crippen LogP contribution in [0.4, 0.5) is 5.69 Å². The minimum absolute atomic E-state index is 0.0905. The van der Waals surface area contributed by atoms with Crippen LogP contribution in [0.2, 0.25) is 5.02 Å². The van der Waals surface area contributed by atoms with Crippen LogP contribution in [0.1, 0.15) is 49.4 Å². The van der Waals surface area contributed by atoms with Crippen molar-refractivity contribution in [3.63, 3.8) is 0 Å². The lowest BCUT2D eigenvalue weighted by molar-refractivity contribution is 0.0919. The standard InChI is InChI=1S/C15H21ClN2O/c1-10(11-5-3-2-4-6-11)18-15(19)12-7-13(16)9-14(17)8-12/h7-11H,2-6,17H2,1H3,(H,18,19)/t10-/m1/s1. The number of nitrogen functional groups attached to an aromatic ring is 1. The van der Waals surface area contributed by atoms with E-state index in [1.807, 2.05) is 0 Å². The van der Waals surface area contributed by atoms with Gasteiger partial charge in [0.1, 0.15) is 0 Å². The van der Waals surface area contributed by atoms with Gasteiger partial charge in [-0.25, -0.2) is 0 Å². The number of hydrogen-bond donors (Lipinski definition) is 2. The van der Waals surface area contributed by atoms with E-state index in [-0.39, 0.29) is 11.9 Å². The van der Waals surface area contributed by atoms with Crippen LogP contribution in [0.5, 0.6) is 0 Å². The minimum Gasteiger partial charge on any atom is -0.399 e. The second-order valence-electron chi connectivity index (χ2n) is 5.43. The normalized spacial score (nSPS) is 18.0. The van der Waals surface area contributed by atoms with E-state index in [2.05, 4.69) is 12.2 Å². The molecule has 1 amide bonds. The van der Waals surface area contributed by atoms with Gasteiger partial charge in [-0.1, -0.05) is 30.9 Å². The molecule has 0 unspecified atom stereocenters. The Balaban J connectivity index is 1.99. The molecule has 4 heteroatoms. The molecule has 1 aliphatic rings. The van der Waals surface area contributed by atoms with Crippen molar-refractivity contribution in [1.29, 1.82) is 0 Å². The average molecular weight is 281 g/mol. The number of anilines is 1. The second kappa shape index (κ2) is 6.29. The predicted molar refractivity (Wildman–Crippen MR) is 79.4 cm³/mol. The number of halogens is 1. The van der Waals surface area contributed by atoms with Crippen LogP contribution in [0.15, 0.2) is 18.2 Å². The van der Waals surface area contributed by atoms with Gasteiger partial charge in [-0.15, -0.1) is 0 Å². The lowest BCUT2D eigenvalue weighted by Gasteiger charge is -2.28. The number of nitrogens with two attached hydrogens (primary N) is 1. The Labute approximate surface area is 119 Å². The van der Waals surface area contributed by atoms with Crippen LogP contribution in [-0.2, 0) is 0 Å². The third kappa shape index (κ3) is 3.87. The lowest BCUT2D eigenvalue weighted by atomic mass is 9.84. The Bertz CT molecular complexity index is 435. The summed E-state index contributed by atoms with van der Waals surface area (Å²) in [4.78, 5) is 12.2. The summed E-state index contributed by atoms with van der Waals surface area (Å²) in [6.07, 6.45) is 6.28. The van der Waals surface area contributed by atoms with Gasteiger partial charge in [0, 0.05) is 22.3 Å². The van der Waals surface area contributed by atoms with Crippen molar-refractivity contribution in [2.75, 3.05) is 5.73 Å². The largest absolute Gasteiger partial charge is 0.399 e. The number of nitrogens with one attached hydrogen (secondary N) is 1. The fourth-order valence-electron chi connectivity index (χ4n) is 2.79. The number of hydrogen-bond acceptors (Lipinski definition) is 2. The summed E-state index contributed by atoms with van der Waals surface area (Å²) in [6.45, 7) is 2.09. The van der Waals surface area contributed by atoms with E-state index in [1.54, 1.807) is 18.2 Å². The molecule has 1 aromatic carbocycles. The first kappa shape index (κ1) is 14.2. The molecule has 0 heterocycles. The number of rotatable bonds is 3. The molecule has 1 aromatic rings. The molecule has 1 atom stereocenters. The van der Waals surface area contributed by atoms with Gasteiger partial charge in [-0.2, -0.15) is 0 Å². The number of amides is 1. The zero-order valence-corrected chi connectivity index (χ0v) is 12.0. The molecule has 0 bridgehead atoms. The summed E-state index contributed by atoms with van der Waals surface area (Å²) >= 11 is 5.92. The fraction of sp³-hybridized carbons (Fsp3) is 0.533. The van der Waals surface area contributed by atoms with E-state index in [0.717, 1.165) is 0 Å². The topological polar surface area (TPSA) is 55.1 Å². The summed E-state index contributed by atoms with van der Waals surface area (Å²) in [5.74, 6) is 0.501. The molecule has 2 rings (SSSR count). The summed E-state index contributed by atoms with van der Waals surface area (Å²) in [7, 11) is 0. The van der Waals surface area contributed by atoms with E-state index < -0.39 is 0 Å².